The number of rotatable bonds is 5. The van der Waals surface area contributed by atoms with Gasteiger partial charge in [0.2, 0.25) is 5.91 Å². The highest BCUT2D eigenvalue weighted by atomic mass is 16.5. The Morgan fingerprint density at radius 2 is 1.96 bits per heavy atom. The summed E-state index contributed by atoms with van der Waals surface area (Å²) in [6.07, 6.45) is 1.58. The van der Waals surface area contributed by atoms with Crippen LogP contribution < -0.4 is 14.8 Å². The van der Waals surface area contributed by atoms with Crippen molar-refractivity contribution in [3.63, 3.8) is 0 Å². The second-order valence-electron chi connectivity index (χ2n) is 5.27. The van der Waals surface area contributed by atoms with E-state index in [1.165, 1.54) is 0 Å². The third kappa shape index (κ3) is 3.23. The predicted octanol–water partition coefficient (Wildman–Crippen LogP) is 2.56. The minimum absolute atomic E-state index is 0.0613. The number of carbonyl (C=O) groups is 1. The lowest BCUT2D eigenvalue weighted by atomic mass is 10.2. The molecule has 25 heavy (non-hydrogen) atoms. The zero-order chi connectivity index (χ0) is 17.8. The standard InChI is InChI=1S/C18H16N4O3/c1-24-16-7-14-15(8-17(16)25-2)22(11-20-14)10-18(23)21-13-6-4-3-5-12(13)9-19/h3-8,11H,10H2,1-2H3,(H,21,23). The Labute approximate surface area is 144 Å². The highest BCUT2D eigenvalue weighted by Gasteiger charge is 2.13. The smallest absolute Gasteiger partial charge is 0.244 e. The van der Waals surface area contributed by atoms with E-state index in [0.717, 1.165) is 5.52 Å². The number of hydrogen-bond acceptors (Lipinski definition) is 5. The van der Waals surface area contributed by atoms with E-state index in [1.54, 1.807) is 61.5 Å². The molecule has 3 rings (SSSR count). The Hall–Kier alpha value is -3.53. The maximum Gasteiger partial charge on any atom is 0.244 e. The van der Waals surface area contributed by atoms with Crippen molar-refractivity contribution in [1.82, 2.24) is 9.55 Å². The van der Waals surface area contributed by atoms with E-state index in [9.17, 15) is 4.79 Å². The molecule has 7 nitrogen and oxygen atoms in total. The van der Waals surface area contributed by atoms with Crippen LogP contribution in [-0.4, -0.2) is 29.7 Å². The minimum atomic E-state index is -0.253. The molecule has 0 atom stereocenters. The lowest BCUT2D eigenvalue weighted by Crippen LogP contribution is -2.18. The molecule has 1 heterocycles. The molecule has 0 saturated heterocycles. The molecule has 1 N–H and O–H groups in total. The highest BCUT2D eigenvalue weighted by molar-refractivity contribution is 5.93. The predicted molar refractivity (Wildman–Crippen MR) is 92.6 cm³/mol. The van der Waals surface area contributed by atoms with Crippen molar-refractivity contribution in [2.24, 2.45) is 0 Å². The molecular formula is C18H16N4O3. The van der Waals surface area contributed by atoms with E-state index in [4.69, 9.17) is 14.7 Å². The number of para-hydroxylation sites is 1. The molecule has 0 aliphatic carbocycles. The number of anilines is 1. The van der Waals surface area contributed by atoms with Crippen molar-refractivity contribution in [1.29, 1.82) is 5.26 Å². The third-order valence-electron chi connectivity index (χ3n) is 3.76. The number of fused-ring (bicyclic) bond motifs is 1. The fourth-order valence-corrected chi connectivity index (χ4v) is 2.55. The zero-order valence-electron chi connectivity index (χ0n) is 13.8. The van der Waals surface area contributed by atoms with Crippen LogP contribution >= 0.6 is 0 Å². The van der Waals surface area contributed by atoms with Crippen molar-refractivity contribution in [3.05, 3.63) is 48.3 Å². The average molecular weight is 336 g/mol. The van der Waals surface area contributed by atoms with Crippen molar-refractivity contribution in [2.75, 3.05) is 19.5 Å². The maximum atomic E-state index is 12.3. The molecule has 0 aliphatic rings. The van der Waals surface area contributed by atoms with Crippen LogP contribution in [0.15, 0.2) is 42.7 Å². The van der Waals surface area contributed by atoms with Gasteiger partial charge < -0.3 is 19.4 Å². The number of imidazole rings is 1. The van der Waals surface area contributed by atoms with Gasteiger partial charge in [0.05, 0.1) is 42.8 Å². The summed E-state index contributed by atoms with van der Waals surface area (Å²) in [5.74, 6) is 0.886. The summed E-state index contributed by atoms with van der Waals surface area (Å²) in [5.41, 5.74) is 2.35. The van der Waals surface area contributed by atoms with Crippen molar-refractivity contribution < 1.29 is 14.3 Å². The van der Waals surface area contributed by atoms with Crippen molar-refractivity contribution in [2.45, 2.75) is 6.54 Å². The molecule has 0 spiro atoms. The Balaban J connectivity index is 1.85. The molecule has 2 aromatic carbocycles. The van der Waals surface area contributed by atoms with Gasteiger partial charge in [-0.25, -0.2) is 4.98 Å². The van der Waals surface area contributed by atoms with E-state index in [0.29, 0.717) is 28.3 Å². The van der Waals surface area contributed by atoms with Gasteiger partial charge in [-0.15, -0.1) is 0 Å². The van der Waals surface area contributed by atoms with Gasteiger partial charge in [0.15, 0.2) is 11.5 Å². The van der Waals surface area contributed by atoms with Crippen LogP contribution in [0.25, 0.3) is 11.0 Å². The van der Waals surface area contributed by atoms with Crippen LogP contribution in [0.1, 0.15) is 5.56 Å². The Morgan fingerprint density at radius 3 is 2.68 bits per heavy atom. The Morgan fingerprint density at radius 1 is 1.24 bits per heavy atom. The Bertz CT molecular complexity index is 972. The molecule has 1 amide bonds. The number of nitrogens with one attached hydrogen (secondary N) is 1. The first kappa shape index (κ1) is 16.3. The molecule has 3 aromatic rings. The number of aromatic nitrogens is 2. The quantitative estimate of drug-likeness (QED) is 0.773. The molecule has 0 bridgehead atoms. The van der Waals surface area contributed by atoms with Crippen LogP contribution in [0, 0.1) is 11.3 Å². The van der Waals surface area contributed by atoms with E-state index in [-0.39, 0.29) is 12.5 Å². The number of nitriles is 1. The normalized spacial score (nSPS) is 10.3. The van der Waals surface area contributed by atoms with Gasteiger partial charge >= 0.3 is 0 Å². The summed E-state index contributed by atoms with van der Waals surface area (Å²) in [6, 6.07) is 12.4. The number of methoxy groups -OCH3 is 2. The molecule has 1 aromatic heterocycles. The number of benzene rings is 2. The van der Waals surface area contributed by atoms with E-state index < -0.39 is 0 Å². The SMILES string of the molecule is COc1cc2ncn(CC(=O)Nc3ccccc3C#N)c2cc1OC. The van der Waals surface area contributed by atoms with Gasteiger partial charge in [-0.2, -0.15) is 5.26 Å². The largest absolute Gasteiger partial charge is 0.493 e. The first-order chi connectivity index (χ1) is 12.2. The highest BCUT2D eigenvalue weighted by Crippen LogP contribution is 2.31. The lowest BCUT2D eigenvalue weighted by molar-refractivity contribution is -0.116. The second-order valence-corrected chi connectivity index (χ2v) is 5.27. The third-order valence-corrected chi connectivity index (χ3v) is 3.76. The number of hydrogen-bond donors (Lipinski definition) is 1. The monoisotopic (exact) mass is 336 g/mol. The van der Waals surface area contributed by atoms with Crippen LogP contribution in [0.4, 0.5) is 5.69 Å². The first-order valence-electron chi connectivity index (χ1n) is 7.52. The van der Waals surface area contributed by atoms with Crippen molar-refractivity contribution in [3.8, 4) is 17.6 Å². The topological polar surface area (TPSA) is 89.2 Å². The molecular weight excluding hydrogens is 320 g/mol. The molecule has 0 fully saturated rings. The van der Waals surface area contributed by atoms with Gasteiger partial charge in [0.25, 0.3) is 0 Å². The fraction of sp³-hybridized carbons (Fsp3) is 0.167. The maximum absolute atomic E-state index is 12.3. The first-order valence-corrected chi connectivity index (χ1v) is 7.52. The zero-order valence-corrected chi connectivity index (χ0v) is 13.8. The number of amides is 1. The molecule has 0 saturated carbocycles. The summed E-state index contributed by atoms with van der Waals surface area (Å²) >= 11 is 0. The van der Waals surface area contributed by atoms with Crippen LogP contribution in [0.5, 0.6) is 11.5 Å². The summed E-state index contributed by atoms with van der Waals surface area (Å²) in [6.45, 7) is 0.0613. The number of carbonyl (C=O) groups excluding carboxylic acids is 1. The minimum Gasteiger partial charge on any atom is -0.493 e. The van der Waals surface area contributed by atoms with Gasteiger partial charge in [-0.1, -0.05) is 12.1 Å². The number of ether oxygens (including phenoxy) is 2. The average Bonchev–Trinajstić information content (AvgIpc) is 3.02. The van der Waals surface area contributed by atoms with E-state index >= 15 is 0 Å². The van der Waals surface area contributed by atoms with E-state index in [2.05, 4.69) is 16.4 Å². The lowest BCUT2D eigenvalue weighted by Gasteiger charge is -2.10. The fourth-order valence-electron chi connectivity index (χ4n) is 2.55. The molecule has 126 valence electrons. The van der Waals surface area contributed by atoms with Gasteiger partial charge in [0, 0.05) is 12.1 Å². The van der Waals surface area contributed by atoms with Gasteiger partial charge in [-0.3, -0.25) is 4.79 Å². The molecule has 0 unspecified atom stereocenters. The summed E-state index contributed by atoms with van der Waals surface area (Å²) < 4.78 is 12.3. The van der Waals surface area contributed by atoms with Crippen molar-refractivity contribution >= 4 is 22.6 Å². The molecule has 0 aliphatic heterocycles. The second kappa shape index (κ2) is 6.93. The Kier molecular flexibility index (Phi) is 4.53. The summed E-state index contributed by atoms with van der Waals surface area (Å²) in [7, 11) is 3.11. The van der Waals surface area contributed by atoms with Gasteiger partial charge in [0.1, 0.15) is 12.6 Å². The number of nitrogens with zero attached hydrogens (tertiary/aromatic N) is 3. The van der Waals surface area contributed by atoms with Gasteiger partial charge in [-0.05, 0) is 12.1 Å². The van der Waals surface area contributed by atoms with E-state index in [1.807, 2.05) is 0 Å². The van der Waals surface area contributed by atoms with Crippen LogP contribution in [0.2, 0.25) is 0 Å². The molecule has 7 heteroatoms. The summed E-state index contributed by atoms with van der Waals surface area (Å²) in [5, 5.41) is 11.8. The summed E-state index contributed by atoms with van der Waals surface area (Å²) in [4.78, 5) is 16.6. The van der Waals surface area contributed by atoms with Crippen LogP contribution in [-0.2, 0) is 11.3 Å². The van der Waals surface area contributed by atoms with Crippen LogP contribution in [0.3, 0.4) is 0 Å². The molecule has 0 radical (unpaired) electrons.